The molecule has 150 valence electrons. The van der Waals surface area contributed by atoms with Gasteiger partial charge in [-0.1, -0.05) is 6.07 Å². The van der Waals surface area contributed by atoms with Crippen molar-refractivity contribution in [1.29, 1.82) is 0 Å². The second kappa shape index (κ2) is 10.7. The van der Waals surface area contributed by atoms with E-state index in [1.54, 1.807) is 11.3 Å². The van der Waals surface area contributed by atoms with Crippen molar-refractivity contribution < 1.29 is 0 Å². The third kappa shape index (κ3) is 5.88. The Morgan fingerprint density at radius 1 is 1.44 bits per heavy atom. The van der Waals surface area contributed by atoms with E-state index in [4.69, 9.17) is 0 Å². The minimum Gasteiger partial charge on any atom is -0.356 e. The number of thiazole rings is 1. The van der Waals surface area contributed by atoms with E-state index in [2.05, 4.69) is 62.1 Å². The molecule has 1 aliphatic heterocycles. The normalized spacial score (nSPS) is 21.0. The molecule has 2 atom stereocenters. The number of thiophene rings is 1. The van der Waals surface area contributed by atoms with Gasteiger partial charge in [0.1, 0.15) is 0 Å². The number of nitrogens with one attached hydrogen (secondary N) is 1. The minimum atomic E-state index is 0. The van der Waals surface area contributed by atoms with Gasteiger partial charge in [0.15, 0.2) is 5.96 Å². The van der Waals surface area contributed by atoms with Crippen LogP contribution in [-0.2, 0) is 6.54 Å². The molecule has 0 aromatic carbocycles. The van der Waals surface area contributed by atoms with Gasteiger partial charge in [-0.15, -0.1) is 46.7 Å². The first-order valence-corrected chi connectivity index (χ1v) is 10.9. The lowest BCUT2D eigenvalue weighted by Gasteiger charge is -2.39. The standard InChI is InChI=1S/C19H29N5S2.HI/c1-14-22-16(13-26-14)12-24(4)19(20-2)21-11-15-7-5-9-23(3)18(15)17-8-6-10-25-17;/h6,8,10,13,15,18H,5,7,9,11-12H2,1-4H3,(H,20,21);1H. The molecular formula is C19H30IN5S2. The van der Waals surface area contributed by atoms with E-state index in [1.807, 2.05) is 25.3 Å². The highest BCUT2D eigenvalue weighted by molar-refractivity contribution is 14.0. The largest absolute Gasteiger partial charge is 0.356 e. The summed E-state index contributed by atoms with van der Waals surface area (Å²) in [6, 6.07) is 4.94. The van der Waals surface area contributed by atoms with Crippen LogP contribution in [0.2, 0.25) is 0 Å². The van der Waals surface area contributed by atoms with Crippen LogP contribution in [0.5, 0.6) is 0 Å². The van der Waals surface area contributed by atoms with Gasteiger partial charge in [0, 0.05) is 36.9 Å². The Morgan fingerprint density at radius 3 is 2.89 bits per heavy atom. The molecule has 0 aliphatic carbocycles. The predicted molar refractivity (Wildman–Crippen MR) is 128 cm³/mol. The zero-order valence-electron chi connectivity index (χ0n) is 16.5. The fraction of sp³-hybridized carbons (Fsp3) is 0.579. The highest BCUT2D eigenvalue weighted by atomic mass is 127. The van der Waals surface area contributed by atoms with E-state index in [1.165, 1.54) is 24.3 Å². The number of nitrogens with zero attached hydrogens (tertiary/aromatic N) is 4. The molecule has 3 heterocycles. The zero-order chi connectivity index (χ0) is 18.5. The van der Waals surface area contributed by atoms with Crippen molar-refractivity contribution in [1.82, 2.24) is 20.1 Å². The van der Waals surface area contributed by atoms with Gasteiger partial charge in [-0.3, -0.25) is 9.89 Å². The van der Waals surface area contributed by atoms with Crippen LogP contribution in [0.15, 0.2) is 27.9 Å². The van der Waals surface area contributed by atoms with Crippen molar-refractivity contribution in [2.24, 2.45) is 10.9 Å². The minimum absolute atomic E-state index is 0. The van der Waals surface area contributed by atoms with Gasteiger partial charge in [0.2, 0.25) is 0 Å². The maximum Gasteiger partial charge on any atom is 0.193 e. The molecule has 2 unspecified atom stereocenters. The maximum absolute atomic E-state index is 4.56. The number of rotatable bonds is 5. The van der Waals surface area contributed by atoms with E-state index in [0.29, 0.717) is 12.0 Å². The van der Waals surface area contributed by atoms with E-state index in [0.717, 1.165) is 29.8 Å². The summed E-state index contributed by atoms with van der Waals surface area (Å²) in [4.78, 5) is 15.2. The van der Waals surface area contributed by atoms with Gasteiger partial charge in [-0.2, -0.15) is 0 Å². The van der Waals surface area contributed by atoms with E-state index >= 15 is 0 Å². The SMILES string of the molecule is CN=C(NCC1CCCN(C)C1c1cccs1)N(C)Cc1csc(C)n1.I. The molecule has 0 saturated carbocycles. The second-order valence-electron chi connectivity index (χ2n) is 6.99. The fourth-order valence-electron chi connectivity index (χ4n) is 3.79. The highest BCUT2D eigenvalue weighted by Crippen LogP contribution is 2.36. The van der Waals surface area contributed by atoms with Crippen molar-refractivity contribution in [3.05, 3.63) is 38.5 Å². The first-order chi connectivity index (χ1) is 12.6. The zero-order valence-corrected chi connectivity index (χ0v) is 20.5. The van der Waals surface area contributed by atoms with Crippen LogP contribution >= 0.6 is 46.7 Å². The molecule has 1 saturated heterocycles. The number of piperidine rings is 1. The molecule has 1 fully saturated rings. The summed E-state index contributed by atoms with van der Waals surface area (Å²) >= 11 is 3.57. The van der Waals surface area contributed by atoms with E-state index < -0.39 is 0 Å². The molecule has 8 heteroatoms. The summed E-state index contributed by atoms with van der Waals surface area (Å²) < 4.78 is 0. The first-order valence-electron chi connectivity index (χ1n) is 9.15. The van der Waals surface area contributed by atoms with Gasteiger partial charge >= 0.3 is 0 Å². The molecule has 27 heavy (non-hydrogen) atoms. The van der Waals surface area contributed by atoms with Crippen LogP contribution in [0.1, 0.15) is 34.5 Å². The van der Waals surface area contributed by atoms with Gasteiger partial charge in [0.05, 0.1) is 17.2 Å². The number of aryl methyl sites for hydroxylation is 1. The van der Waals surface area contributed by atoms with Gasteiger partial charge in [-0.25, -0.2) is 4.98 Å². The molecule has 0 radical (unpaired) electrons. The van der Waals surface area contributed by atoms with E-state index in [9.17, 15) is 0 Å². The molecule has 2 aromatic rings. The first kappa shape index (κ1) is 22.6. The summed E-state index contributed by atoms with van der Waals surface area (Å²) in [5, 5.41) is 9.03. The predicted octanol–water partition coefficient (Wildman–Crippen LogP) is 4.22. The van der Waals surface area contributed by atoms with Gasteiger partial charge < -0.3 is 10.2 Å². The number of likely N-dealkylation sites (tertiary alicyclic amines) is 1. The summed E-state index contributed by atoms with van der Waals surface area (Å²) in [5.41, 5.74) is 1.10. The Bertz CT molecular complexity index is 716. The van der Waals surface area contributed by atoms with Crippen LogP contribution < -0.4 is 5.32 Å². The summed E-state index contributed by atoms with van der Waals surface area (Å²) in [7, 11) is 6.19. The highest BCUT2D eigenvalue weighted by Gasteiger charge is 2.31. The summed E-state index contributed by atoms with van der Waals surface area (Å²) in [6.45, 7) is 4.95. The third-order valence-electron chi connectivity index (χ3n) is 5.00. The Balaban J connectivity index is 0.00000261. The lowest BCUT2D eigenvalue weighted by molar-refractivity contribution is 0.124. The number of guanidine groups is 1. The summed E-state index contributed by atoms with van der Waals surface area (Å²) in [6.07, 6.45) is 2.52. The Labute approximate surface area is 187 Å². The Hall–Kier alpha value is -0.710. The number of hydrogen-bond acceptors (Lipinski definition) is 5. The second-order valence-corrected chi connectivity index (χ2v) is 9.03. The average molecular weight is 520 g/mol. The lowest BCUT2D eigenvalue weighted by atomic mass is 9.88. The van der Waals surface area contributed by atoms with Crippen LogP contribution in [-0.4, -0.2) is 55.0 Å². The molecule has 5 nitrogen and oxygen atoms in total. The average Bonchev–Trinajstić information content (AvgIpc) is 3.27. The number of hydrogen-bond donors (Lipinski definition) is 1. The van der Waals surface area contributed by atoms with Crippen molar-refractivity contribution in [2.45, 2.75) is 32.4 Å². The maximum atomic E-state index is 4.56. The Kier molecular flexibility index (Phi) is 8.97. The van der Waals surface area contributed by atoms with Crippen molar-refractivity contribution >= 4 is 52.6 Å². The quantitative estimate of drug-likeness (QED) is 0.365. The number of aromatic nitrogens is 1. The van der Waals surface area contributed by atoms with Crippen molar-refractivity contribution in [3.8, 4) is 0 Å². The molecule has 0 amide bonds. The molecule has 0 spiro atoms. The molecule has 1 aliphatic rings. The monoisotopic (exact) mass is 519 g/mol. The van der Waals surface area contributed by atoms with Gasteiger partial charge in [-0.05, 0) is 50.7 Å². The number of aliphatic imine (C=N–C) groups is 1. The molecule has 2 aromatic heterocycles. The Morgan fingerprint density at radius 2 is 2.26 bits per heavy atom. The van der Waals surface area contributed by atoms with E-state index in [-0.39, 0.29) is 24.0 Å². The molecule has 1 N–H and O–H groups in total. The van der Waals surface area contributed by atoms with Gasteiger partial charge in [0.25, 0.3) is 0 Å². The number of halogens is 1. The fourth-order valence-corrected chi connectivity index (χ4v) is 5.38. The van der Waals surface area contributed by atoms with Crippen molar-refractivity contribution in [2.75, 3.05) is 34.2 Å². The molecule has 0 bridgehead atoms. The smallest absolute Gasteiger partial charge is 0.193 e. The van der Waals surface area contributed by atoms with Crippen LogP contribution in [0, 0.1) is 12.8 Å². The lowest BCUT2D eigenvalue weighted by Crippen LogP contribution is -2.45. The molecule has 3 rings (SSSR count). The molecular weight excluding hydrogens is 489 g/mol. The summed E-state index contributed by atoms with van der Waals surface area (Å²) in [5.74, 6) is 1.54. The van der Waals surface area contributed by atoms with Crippen LogP contribution in [0.25, 0.3) is 0 Å². The topological polar surface area (TPSA) is 43.8 Å². The van der Waals surface area contributed by atoms with Crippen LogP contribution in [0.3, 0.4) is 0 Å². The van der Waals surface area contributed by atoms with Crippen molar-refractivity contribution in [3.63, 3.8) is 0 Å². The van der Waals surface area contributed by atoms with Crippen LogP contribution in [0.4, 0.5) is 0 Å². The third-order valence-corrected chi connectivity index (χ3v) is 6.77.